The summed E-state index contributed by atoms with van der Waals surface area (Å²) in [5, 5.41) is 8.54. The number of aliphatic hydroxyl groups is 1. The quantitative estimate of drug-likeness (QED) is 0.749. The van der Waals surface area contributed by atoms with Crippen LogP contribution in [0.25, 0.3) is 0 Å². The minimum absolute atomic E-state index is 0.143. The van der Waals surface area contributed by atoms with Crippen LogP contribution in [0.5, 0.6) is 0 Å². The lowest BCUT2D eigenvalue weighted by Crippen LogP contribution is -1.80. The van der Waals surface area contributed by atoms with Crippen molar-refractivity contribution in [3.63, 3.8) is 0 Å². The van der Waals surface area contributed by atoms with Crippen molar-refractivity contribution in [1.29, 1.82) is 0 Å². The Morgan fingerprint density at radius 3 is 2.62 bits per heavy atom. The highest BCUT2D eigenvalue weighted by atomic mass is 79.9. The second-order valence-corrected chi connectivity index (χ2v) is 2.96. The first-order chi connectivity index (χ1) is 3.85. The average molecular weight is 197 g/mol. The Morgan fingerprint density at radius 2 is 2.50 bits per heavy atom. The van der Waals surface area contributed by atoms with Crippen molar-refractivity contribution in [2.75, 3.05) is 6.61 Å². The molecule has 0 saturated heterocycles. The molecule has 0 heterocycles. The van der Waals surface area contributed by atoms with E-state index in [0.29, 0.717) is 0 Å². The molecule has 0 rings (SSSR count). The van der Waals surface area contributed by atoms with Crippen LogP contribution in [0, 0.1) is 0 Å². The minimum atomic E-state index is 0.143. The van der Waals surface area contributed by atoms with E-state index in [9.17, 15) is 0 Å². The highest BCUT2D eigenvalue weighted by Crippen LogP contribution is 2.21. The Balaban J connectivity index is 3.49. The monoisotopic (exact) mass is 196 g/mol. The molecule has 0 fully saturated rings. The van der Waals surface area contributed by atoms with E-state index in [0.717, 1.165) is 11.3 Å². The number of allylic oxidation sites excluding steroid dienone is 1. The van der Waals surface area contributed by atoms with Gasteiger partial charge in [-0.3, -0.25) is 0 Å². The van der Waals surface area contributed by atoms with Gasteiger partial charge in [0.2, 0.25) is 0 Å². The molecule has 0 aromatic carbocycles. The fourth-order valence-electron chi connectivity index (χ4n) is 0.348. The van der Waals surface area contributed by atoms with Crippen LogP contribution in [0.3, 0.4) is 0 Å². The van der Waals surface area contributed by atoms with Crippen LogP contribution in [-0.2, 0) is 0 Å². The van der Waals surface area contributed by atoms with E-state index in [1.807, 2.05) is 13.0 Å². The predicted octanol–water partition coefficient (Wildman–Crippen LogP) is 2.32. The highest BCUT2D eigenvalue weighted by molar-refractivity contribution is 9.50. The van der Waals surface area contributed by atoms with Crippen LogP contribution in [0.4, 0.5) is 0 Å². The fourth-order valence-corrected chi connectivity index (χ4v) is 1.33. The zero-order valence-corrected chi connectivity index (χ0v) is 7.13. The molecule has 0 aromatic rings. The summed E-state index contributed by atoms with van der Waals surface area (Å²) in [6, 6.07) is 0. The normalized spacial score (nSPS) is 12.1. The second-order valence-electron chi connectivity index (χ2n) is 1.31. The van der Waals surface area contributed by atoms with Gasteiger partial charge in [0, 0.05) is 4.91 Å². The molecule has 0 aliphatic heterocycles. The van der Waals surface area contributed by atoms with Gasteiger partial charge in [0.05, 0.1) is 6.61 Å². The number of aliphatic hydroxyl groups excluding tert-OH is 1. The third-order valence-corrected chi connectivity index (χ3v) is 2.43. The number of hydrogen-bond acceptors (Lipinski definition) is 2. The van der Waals surface area contributed by atoms with Crippen LogP contribution in [-0.4, -0.2) is 11.7 Å². The van der Waals surface area contributed by atoms with Gasteiger partial charge in [-0.1, -0.05) is 13.0 Å². The summed E-state index contributed by atoms with van der Waals surface area (Å²) >= 11 is 3.17. The van der Waals surface area contributed by atoms with E-state index < -0.39 is 0 Å². The zero-order chi connectivity index (χ0) is 6.41. The SMILES string of the molecule is CC/C=C(/CO)SBr. The molecule has 0 amide bonds. The molecule has 0 aliphatic rings. The average Bonchev–Trinajstić information content (AvgIpc) is 1.83. The molecule has 0 bridgehead atoms. The van der Waals surface area contributed by atoms with Crippen molar-refractivity contribution in [1.82, 2.24) is 0 Å². The van der Waals surface area contributed by atoms with Crippen LogP contribution < -0.4 is 0 Å². The van der Waals surface area contributed by atoms with Gasteiger partial charge < -0.3 is 5.11 Å². The first kappa shape index (κ1) is 8.53. The van der Waals surface area contributed by atoms with Crippen molar-refractivity contribution in [2.24, 2.45) is 0 Å². The van der Waals surface area contributed by atoms with E-state index in [1.165, 1.54) is 10.2 Å². The lowest BCUT2D eigenvalue weighted by molar-refractivity contribution is 0.339. The third kappa shape index (κ3) is 3.52. The van der Waals surface area contributed by atoms with Gasteiger partial charge in [0.15, 0.2) is 0 Å². The van der Waals surface area contributed by atoms with E-state index in [4.69, 9.17) is 5.11 Å². The number of hydrogen-bond donors (Lipinski definition) is 1. The van der Waals surface area contributed by atoms with Gasteiger partial charge in [-0.15, -0.1) is 0 Å². The summed E-state index contributed by atoms with van der Waals surface area (Å²) in [5.74, 6) is 0. The largest absolute Gasteiger partial charge is 0.391 e. The molecule has 1 nitrogen and oxygen atoms in total. The van der Waals surface area contributed by atoms with Gasteiger partial charge in [-0.2, -0.15) is 0 Å². The number of rotatable bonds is 3. The van der Waals surface area contributed by atoms with E-state index in [-0.39, 0.29) is 6.61 Å². The Hall–Kier alpha value is 0.530. The maximum absolute atomic E-state index is 8.54. The summed E-state index contributed by atoms with van der Waals surface area (Å²) < 4.78 is 0. The summed E-state index contributed by atoms with van der Waals surface area (Å²) in [5.41, 5.74) is 0. The van der Waals surface area contributed by atoms with Crippen molar-refractivity contribution < 1.29 is 5.11 Å². The summed E-state index contributed by atoms with van der Waals surface area (Å²) in [4.78, 5) is 0.979. The number of halogens is 1. The van der Waals surface area contributed by atoms with Gasteiger partial charge in [-0.25, -0.2) is 0 Å². The molecule has 0 unspecified atom stereocenters. The summed E-state index contributed by atoms with van der Waals surface area (Å²) in [6.45, 7) is 2.18. The molecule has 3 heteroatoms. The van der Waals surface area contributed by atoms with Crippen molar-refractivity contribution in [3.05, 3.63) is 11.0 Å². The lowest BCUT2D eigenvalue weighted by atomic mass is 10.4. The van der Waals surface area contributed by atoms with Gasteiger partial charge in [-0.05, 0) is 31.4 Å². The van der Waals surface area contributed by atoms with E-state index >= 15 is 0 Å². The van der Waals surface area contributed by atoms with Crippen LogP contribution >= 0.6 is 25.0 Å². The zero-order valence-electron chi connectivity index (χ0n) is 4.72. The summed E-state index contributed by atoms with van der Waals surface area (Å²) in [6.07, 6.45) is 2.97. The molecule has 0 spiro atoms. The lowest BCUT2D eigenvalue weighted by Gasteiger charge is -1.92. The minimum Gasteiger partial charge on any atom is -0.391 e. The first-order valence-corrected chi connectivity index (χ1v) is 5.09. The molecule has 8 heavy (non-hydrogen) atoms. The molecular formula is C5H9BrOS. The highest BCUT2D eigenvalue weighted by Gasteiger charge is 1.88. The fraction of sp³-hybridized carbons (Fsp3) is 0.600. The molecule has 0 radical (unpaired) electrons. The second kappa shape index (κ2) is 5.66. The first-order valence-electron chi connectivity index (χ1n) is 2.43. The van der Waals surface area contributed by atoms with Crippen molar-refractivity contribution in [2.45, 2.75) is 13.3 Å². The molecule has 0 saturated carbocycles. The molecule has 48 valence electrons. The van der Waals surface area contributed by atoms with Gasteiger partial charge in [0.25, 0.3) is 0 Å². The van der Waals surface area contributed by atoms with Crippen LogP contribution in [0.15, 0.2) is 11.0 Å². The Bertz CT molecular complexity index is 76.5. The molecule has 0 atom stereocenters. The molecular weight excluding hydrogens is 188 g/mol. The molecule has 1 N–H and O–H groups in total. The maximum atomic E-state index is 8.54. The third-order valence-electron chi connectivity index (χ3n) is 0.687. The Morgan fingerprint density at radius 1 is 1.88 bits per heavy atom. The molecule has 0 aromatic heterocycles. The smallest absolute Gasteiger partial charge is 0.0745 e. The van der Waals surface area contributed by atoms with Crippen molar-refractivity contribution >= 4 is 25.0 Å². The van der Waals surface area contributed by atoms with E-state index in [2.05, 4.69) is 14.8 Å². The molecule has 0 aliphatic carbocycles. The van der Waals surface area contributed by atoms with Crippen molar-refractivity contribution in [3.8, 4) is 0 Å². The van der Waals surface area contributed by atoms with Crippen LogP contribution in [0.2, 0.25) is 0 Å². The topological polar surface area (TPSA) is 20.2 Å². The van der Waals surface area contributed by atoms with Gasteiger partial charge >= 0.3 is 0 Å². The Kier molecular flexibility index (Phi) is 6.04. The predicted molar refractivity (Wildman–Crippen MR) is 42.0 cm³/mol. The summed E-state index contributed by atoms with van der Waals surface area (Å²) in [7, 11) is 1.42. The maximum Gasteiger partial charge on any atom is 0.0745 e. The van der Waals surface area contributed by atoms with Crippen LogP contribution in [0.1, 0.15) is 13.3 Å². The van der Waals surface area contributed by atoms with E-state index in [1.54, 1.807) is 0 Å². The van der Waals surface area contributed by atoms with Gasteiger partial charge in [0.1, 0.15) is 0 Å². The Labute approximate surface area is 61.4 Å². The standard InChI is InChI=1S/C5H9BrOS/c1-2-3-5(4-7)8-6/h3,7H,2,4H2,1H3/b5-3-.